The van der Waals surface area contributed by atoms with Gasteiger partial charge in [-0.05, 0) is 19.1 Å². The fourth-order valence-electron chi connectivity index (χ4n) is 1.14. The summed E-state index contributed by atoms with van der Waals surface area (Å²) in [5, 5.41) is 9.78. The van der Waals surface area contributed by atoms with Crippen LogP contribution < -0.4 is 0 Å². The number of aromatic nitrogens is 2. The monoisotopic (exact) mass is 190 g/mol. The molecule has 0 radical (unpaired) electrons. The van der Waals surface area contributed by atoms with Crippen molar-refractivity contribution in [1.82, 2.24) is 9.97 Å². The number of furan rings is 1. The second kappa shape index (κ2) is 3.59. The molecule has 1 atom stereocenters. The van der Waals surface area contributed by atoms with Crippen LogP contribution in [0.3, 0.4) is 0 Å². The highest BCUT2D eigenvalue weighted by Crippen LogP contribution is 2.19. The van der Waals surface area contributed by atoms with Gasteiger partial charge < -0.3 is 9.52 Å². The van der Waals surface area contributed by atoms with Crippen LogP contribution in [0.15, 0.2) is 35.2 Å². The summed E-state index contributed by atoms with van der Waals surface area (Å²) in [5.41, 5.74) is 1.31. The molecule has 4 heteroatoms. The quantitative estimate of drug-likeness (QED) is 0.778. The first-order valence-electron chi connectivity index (χ1n) is 4.27. The molecule has 2 aromatic heterocycles. The van der Waals surface area contributed by atoms with E-state index >= 15 is 0 Å². The highest BCUT2D eigenvalue weighted by atomic mass is 16.4. The summed E-state index contributed by atoms with van der Waals surface area (Å²) < 4.78 is 5.06. The lowest BCUT2D eigenvalue weighted by Crippen LogP contribution is -2.02. The van der Waals surface area contributed by atoms with Crippen molar-refractivity contribution in [3.63, 3.8) is 0 Å². The molecule has 1 N–H and O–H groups in total. The average molecular weight is 190 g/mol. The molecule has 0 bridgehead atoms. The van der Waals surface area contributed by atoms with E-state index in [9.17, 15) is 5.11 Å². The maximum absolute atomic E-state index is 9.78. The number of nitrogens with zero attached hydrogens (tertiary/aromatic N) is 2. The van der Waals surface area contributed by atoms with E-state index in [1.54, 1.807) is 24.5 Å². The van der Waals surface area contributed by atoms with Crippen LogP contribution in [0.4, 0.5) is 0 Å². The normalized spacial score (nSPS) is 12.7. The zero-order valence-electron chi connectivity index (χ0n) is 7.71. The van der Waals surface area contributed by atoms with Gasteiger partial charge in [0.25, 0.3) is 0 Å². The predicted molar refractivity (Wildman–Crippen MR) is 49.5 cm³/mol. The Balaban J connectivity index is 2.28. The van der Waals surface area contributed by atoms with Gasteiger partial charge in [-0.15, -0.1) is 0 Å². The van der Waals surface area contributed by atoms with Crippen LogP contribution in [0, 0.1) is 6.92 Å². The number of aliphatic hydroxyl groups is 1. The van der Waals surface area contributed by atoms with Crippen molar-refractivity contribution in [3.05, 3.63) is 47.9 Å². The lowest BCUT2D eigenvalue weighted by molar-refractivity contribution is 0.184. The highest BCUT2D eigenvalue weighted by Gasteiger charge is 2.14. The van der Waals surface area contributed by atoms with Crippen LogP contribution in [0.2, 0.25) is 0 Å². The van der Waals surface area contributed by atoms with Crippen LogP contribution in [-0.4, -0.2) is 15.1 Å². The molecule has 0 aliphatic rings. The Bertz CT molecular complexity index is 395. The van der Waals surface area contributed by atoms with E-state index < -0.39 is 6.10 Å². The summed E-state index contributed by atoms with van der Waals surface area (Å²) in [5.74, 6) is 0.475. The van der Waals surface area contributed by atoms with Crippen LogP contribution in [-0.2, 0) is 0 Å². The van der Waals surface area contributed by atoms with Crippen molar-refractivity contribution in [2.75, 3.05) is 0 Å². The number of hydrogen-bond acceptors (Lipinski definition) is 4. The zero-order valence-corrected chi connectivity index (χ0v) is 7.71. The minimum absolute atomic E-state index is 0.475. The molecule has 0 aliphatic heterocycles. The van der Waals surface area contributed by atoms with E-state index in [4.69, 9.17) is 4.42 Å². The topological polar surface area (TPSA) is 59.2 Å². The van der Waals surface area contributed by atoms with E-state index in [1.807, 2.05) is 6.92 Å². The molecule has 0 amide bonds. The number of aryl methyl sites for hydroxylation is 1. The smallest absolute Gasteiger partial charge is 0.155 e. The molecule has 2 rings (SSSR count). The van der Waals surface area contributed by atoms with E-state index in [1.165, 1.54) is 6.26 Å². The third-order valence-electron chi connectivity index (χ3n) is 1.89. The Kier molecular flexibility index (Phi) is 2.28. The Morgan fingerprint density at radius 1 is 1.36 bits per heavy atom. The molecule has 2 aromatic rings. The predicted octanol–water partition coefficient (Wildman–Crippen LogP) is 1.46. The van der Waals surface area contributed by atoms with Crippen LogP contribution in [0.25, 0.3) is 0 Å². The lowest BCUT2D eigenvalue weighted by Gasteiger charge is -2.05. The second-order valence-corrected chi connectivity index (χ2v) is 3.00. The molecule has 4 nitrogen and oxygen atoms in total. The standard InChI is InChI=1S/C10H10N2O2/c1-7-5-12-8(6-11-7)10(13)9-3-2-4-14-9/h2-6,10,13H,1H3. The van der Waals surface area contributed by atoms with Gasteiger partial charge in [-0.1, -0.05) is 0 Å². The summed E-state index contributed by atoms with van der Waals surface area (Å²) in [4.78, 5) is 8.11. The van der Waals surface area contributed by atoms with E-state index in [2.05, 4.69) is 9.97 Å². The van der Waals surface area contributed by atoms with Crippen molar-refractivity contribution < 1.29 is 9.52 Å². The van der Waals surface area contributed by atoms with Crippen LogP contribution in [0.5, 0.6) is 0 Å². The van der Waals surface area contributed by atoms with Gasteiger partial charge >= 0.3 is 0 Å². The molecule has 72 valence electrons. The second-order valence-electron chi connectivity index (χ2n) is 3.00. The van der Waals surface area contributed by atoms with Crippen molar-refractivity contribution in [1.29, 1.82) is 0 Å². The Labute approximate surface area is 81.2 Å². The molecule has 0 aliphatic carbocycles. The molecule has 1 unspecified atom stereocenters. The van der Waals surface area contributed by atoms with Gasteiger partial charge in [0.15, 0.2) is 6.10 Å². The molecule has 14 heavy (non-hydrogen) atoms. The summed E-state index contributed by atoms with van der Waals surface area (Å²) in [7, 11) is 0. The number of rotatable bonds is 2. The van der Waals surface area contributed by atoms with Gasteiger partial charge in [0.05, 0.1) is 23.8 Å². The minimum Gasteiger partial charge on any atom is -0.466 e. The summed E-state index contributed by atoms with van der Waals surface area (Å²) in [6, 6.07) is 3.42. The highest BCUT2D eigenvalue weighted by molar-refractivity contribution is 5.15. The number of aliphatic hydroxyl groups excluding tert-OH is 1. The third-order valence-corrected chi connectivity index (χ3v) is 1.89. The Hall–Kier alpha value is -1.68. The number of hydrogen-bond donors (Lipinski definition) is 1. The van der Waals surface area contributed by atoms with Crippen molar-refractivity contribution in [2.45, 2.75) is 13.0 Å². The summed E-state index contributed by atoms with van der Waals surface area (Å²) in [6.45, 7) is 1.84. The van der Waals surface area contributed by atoms with Crippen LogP contribution in [0.1, 0.15) is 23.3 Å². The average Bonchev–Trinajstić information content (AvgIpc) is 2.71. The molecule has 0 aromatic carbocycles. The molecular formula is C10H10N2O2. The zero-order chi connectivity index (χ0) is 9.97. The van der Waals surface area contributed by atoms with Crippen molar-refractivity contribution >= 4 is 0 Å². The van der Waals surface area contributed by atoms with Gasteiger partial charge in [0, 0.05) is 6.20 Å². The summed E-state index contributed by atoms with van der Waals surface area (Å²) >= 11 is 0. The first-order chi connectivity index (χ1) is 6.77. The van der Waals surface area contributed by atoms with Gasteiger partial charge in [-0.25, -0.2) is 0 Å². The SMILES string of the molecule is Cc1cnc(C(O)c2ccco2)cn1. The molecule has 0 fully saturated rings. The Morgan fingerprint density at radius 3 is 2.79 bits per heavy atom. The largest absolute Gasteiger partial charge is 0.466 e. The minimum atomic E-state index is -0.835. The van der Waals surface area contributed by atoms with Gasteiger partial charge in [0.1, 0.15) is 5.76 Å². The molecular weight excluding hydrogens is 180 g/mol. The molecule has 0 saturated carbocycles. The fourth-order valence-corrected chi connectivity index (χ4v) is 1.14. The third kappa shape index (κ3) is 1.65. The molecule has 0 spiro atoms. The van der Waals surface area contributed by atoms with Gasteiger partial charge in [-0.3, -0.25) is 9.97 Å². The van der Waals surface area contributed by atoms with Gasteiger partial charge in [-0.2, -0.15) is 0 Å². The van der Waals surface area contributed by atoms with E-state index in [0.717, 1.165) is 5.69 Å². The lowest BCUT2D eigenvalue weighted by atomic mass is 10.2. The summed E-state index contributed by atoms with van der Waals surface area (Å²) in [6.07, 6.45) is 3.84. The molecule has 2 heterocycles. The molecule has 0 saturated heterocycles. The van der Waals surface area contributed by atoms with Crippen molar-refractivity contribution in [2.24, 2.45) is 0 Å². The van der Waals surface area contributed by atoms with Crippen LogP contribution >= 0.6 is 0 Å². The maximum atomic E-state index is 9.78. The fraction of sp³-hybridized carbons (Fsp3) is 0.200. The maximum Gasteiger partial charge on any atom is 0.155 e. The van der Waals surface area contributed by atoms with E-state index in [-0.39, 0.29) is 0 Å². The van der Waals surface area contributed by atoms with E-state index in [0.29, 0.717) is 11.5 Å². The van der Waals surface area contributed by atoms with Gasteiger partial charge in [0.2, 0.25) is 0 Å². The Morgan fingerprint density at radius 2 is 2.21 bits per heavy atom. The van der Waals surface area contributed by atoms with Crippen molar-refractivity contribution in [3.8, 4) is 0 Å². The first kappa shape index (κ1) is 8.90. The first-order valence-corrected chi connectivity index (χ1v) is 4.27.